The van der Waals surface area contributed by atoms with Crippen LogP contribution in [0, 0.1) is 0 Å². The zero-order valence-corrected chi connectivity index (χ0v) is 45.0. The van der Waals surface area contributed by atoms with Crippen molar-refractivity contribution in [3.63, 3.8) is 0 Å². The van der Waals surface area contributed by atoms with Crippen molar-refractivity contribution < 1.29 is 15.0 Å². The molecule has 0 heterocycles. The van der Waals surface area contributed by atoms with Gasteiger partial charge in [-0.05, 0) is 51.4 Å². The van der Waals surface area contributed by atoms with Gasteiger partial charge in [0.25, 0.3) is 0 Å². The minimum atomic E-state index is -0.838. The summed E-state index contributed by atoms with van der Waals surface area (Å²) in [6, 6.07) is -0.621. The van der Waals surface area contributed by atoms with Crippen LogP contribution in [0.4, 0.5) is 0 Å². The lowest BCUT2D eigenvalue weighted by Crippen LogP contribution is -2.45. The molecule has 0 saturated carbocycles. The largest absolute Gasteiger partial charge is 0.394 e. The summed E-state index contributed by atoms with van der Waals surface area (Å²) < 4.78 is 0. The number of rotatable bonds is 56. The fourth-order valence-corrected chi connectivity index (χ4v) is 9.51. The van der Waals surface area contributed by atoms with Crippen LogP contribution in [0.15, 0.2) is 36.5 Å². The van der Waals surface area contributed by atoms with Crippen molar-refractivity contribution in [1.29, 1.82) is 0 Å². The van der Waals surface area contributed by atoms with Crippen LogP contribution in [0.5, 0.6) is 0 Å². The number of unbranched alkanes of at least 4 members (excludes halogenated alkanes) is 45. The van der Waals surface area contributed by atoms with E-state index in [0.29, 0.717) is 6.42 Å². The van der Waals surface area contributed by atoms with Crippen LogP contribution >= 0.6 is 0 Å². The molecule has 0 aliphatic heterocycles. The minimum Gasteiger partial charge on any atom is -0.394 e. The Hall–Kier alpha value is -1.39. The number of allylic oxidation sites excluding steroid dienone is 5. The quantitative estimate of drug-likeness (QED) is 0.0420. The van der Waals surface area contributed by atoms with Gasteiger partial charge in [-0.1, -0.05) is 314 Å². The van der Waals surface area contributed by atoms with Crippen molar-refractivity contribution in [2.45, 2.75) is 347 Å². The van der Waals surface area contributed by atoms with Gasteiger partial charge in [-0.15, -0.1) is 0 Å². The first-order valence-electron chi connectivity index (χ1n) is 30.2. The standard InChI is InChI=1S/C62H119NO3/c1-3-5-7-9-11-13-15-17-19-21-23-25-26-27-28-29-30-31-32-33-34-35-36-38-40-42-44-46-48-50-52-54-56-58-62(66)63-60(59-64)61(65)57-55-53-51-49-47-45-43-41-39-37-24-22-20-18-16-14-12-10-8-6-4-2/h15,17,21,23,55,57,60-61,64-65H,3-14,16,18-20,22,24-54,56,58-59H2,1-2H3,(H,63,66)/b17-15-,23-21-,57-55+. The van der Waals surface area contributed by atoms with E-state index >= 15 is 0 Å². The minimum absolute atomic E-state index is 0.0574. The second-order valence-corrected chi connectivity index (χ2v) is 20.8. The van der Waals surface area contributed by atoms with E-state index in [2.05, 4.69) is 43.5 Å². The molecule has 66 heavy (non-hydrogen) atoms. The second-order valence-electron chi connectivity index (χ2n) is 20.8. The molecular weight excluding hydrogens is 807 g/mol. The maximum absolute atomic E-state index is 12.5. The summed E-state index contributed by atoms with van der Waals surface area (Å²) >= 11 is 0. The number of aliphatic hydroxyl groups is 2. The van der Waals surface area contributed by atoms with E-state index in [4.69, 9.17) is 0 Å². The SMILES string of the molecule is CCCCCCC/C=C\C/C=C\CCCCCCCCCCCCCCCCCCCCCCCC(=O)NC(CO)C(O)/C=C/CCCCCCCCCCCCCCCCCCCCC. The highest BCUT2D eigenvalue weighted by Crippen LogP contribution is 2.18. The topological polar surface area (TPSA) is 69.6 Å². The van der Waals surface area contributed by atoms with Gasteiger partial charge in [0, 0.05) is 6.42 Å². The summed E-state index contributed by atoms with van der Waals surface area (Å²) in [5.41, 5.74) is 0. The van der Waals surface area contributed by atoms with Crippen molar-refractivity contribution in [3.8, 4) is 0 Å². The molecule has 0 aromatic carbocycles. The third-order valence-electron chi connectivity index (χ3n) is 14.1. The fourth-order valence-electron chi connectivity index (χ4n) is 9.51. The number of aliphatic hydroxyl groups excluding tert-OH is 2. The third-order valence-corrected chi connectivity index (χ3v) is 14.1. The smallest absolute Gasteiger partial charge is 0.220 e. The molecule has 0 aromatic rings. The average Bonchev–Trinajstić information content (AvgIpc) is 3.32. The van der Waals surface area contributed by atoms with Gasteiger partial charge in [-0.3, -0.25) is 4.79 Å². The number of carbonyl (C=O) groups is 1. The lowest BCUT2D eigenvalue weighted by Gasteiger charge is -2.20. The number of carbonyl (C=O) groups excluding carboxylic acids is 1. The van der Waals surface area contributed by atoms with E-state index in [1.807, 2.05) is 6.08 Å². The number of hydrogen-bond acceptors (Lipinski definition) is 3. The molecule has 2 unspecified atom stereocenters. The Labute approximate surface area is 414 Å². The number of hydrogen-bond donors (Lipinski definition) is 3. The van der Waals surface area contributed by atoms with Crippen LogP contribution in [0.25, 0.3) is 0 Å². The zero-order chi connectivity index (χ0) is 47.7. The number of nitrogens with one attached hydrogen (secondary N) is 1. The van der Waals surface area contributed by atoms with Crippen molar-refractivity contribution in [2.24, 2.45) is 0 Å². The first-order valence-corrected chi connectivity index (χ1v) is 30.2. The fraction of sp³-hybridized carbons (Fsp3) is 0.887. The van der Waals surface area contributed by atoms with Gasteiger partial charge in [-0.25, -0.2) is 0 Å². The van der Waals surface area contributed by atoms with Crippen molar-refractivity contribution >= 4 is 5.91 Å². The summed E-state index contributed by atoms with van der Waals surface area (Å²) in [7, 11) is 0. The molecule has 3 N–H and O–H groups in total. The monoisotopic (exact) mass is 926 g/mol. The summed E-state index contributed by atoms with van der Waals surface area (Å²) in [5.74, 6) is -0.0574. The molecule has 390 valence electrons. The maximum atomic E-state index is 12.5. The van der Waals surface area contributed by atoms with E-state index in [1.54, 1.807) is 6.08 Å². The lowest BCUT2D eigenvalue weighted by molar-refractivity contribution is -0.123. The molecule has 0 bridgehead atoms. The van der Waals surface area contributed by atoms with E-state index in [-0.39, 0.29) is 12.5 Å². The van der Waals surface area contributed by atoms with Gasteiger partial charge in [0.05, 0.1) is 18.8 Å². The van der Waals surface area contributed by atoms with Crippen LogP contribution in [-0.4, -0.2) is 34.9 Å². The highest BCUT2D eigenvalue weighted by atomic mass is 16.3. The van der Waals surface area contributed by atoms with E-state index < -0.39 is 12.1 Å². The summed E-state index contributed by atoms with van der Waals surface area (Å²) in [5, 5.41) is 23.2. The molecule has 2 atom stereocenters. The first-order chi connectivity index (χ1) is 32.7. The first kappa shape index (κ1) is 64.6. The molecule has 0 saturated heterocycles. The van der Waals surface area contributed by atoms with E-state index in [0.717, 1.165) is 32.1 Å². The van der Waals surface area contributed by atoms with Gasteiger partial charge >= 0.3 is 0 Å². The van der Waals surface area contributed by atoms with Gasteiger partial charge < -0.3 is 15.5 Å². The van der Waals surface area contributed by atoms with Gasteiger partial charge in [0.2, 0.25) is 5.91 Å². The molecule has 0 radical (unpaired) electrons. The maximum Gasteiger partial charge on any atom is 0.220 e. The van der Waals surface area contributed by atoms with Crippen molar-refractivity contribution in [2.75, 3.05) is 6.61 Å². The molecule has 0 aromatic heterocycles. The van der Waals surface area contributed by atoms with Crippen molar-refractivity contribution in [3.05, 3.63) is 36.5 Å². The Kier molecular flexibility index (Phi) is 56.7. The molecular formula is C62H119NO3. The molecule has 0 fully saturated rings. The Bertz CT molecular complexity index is 1010. The molecule has 4 heteroatoms. The van der Waals surface area contributed by atoms with Crippen LogP contribution in [0.3, 0.4) is 0 Å². The van der Waals surface area contributed by atoms with E-state index in [1.165, 1.54) is 283 Å². The summed E-state index contributed by atoms with van der Waals surface area (Å²) in [6.07, 6.45) is 79.0. The van der Waals surface area contributed by atoms with Gasteiger partial charge in [-0.2, -0.15) is 0 Å². The van der Waals surface area contributed by atoms with Crippen molar-refractivity contribution in [1.82, 2.24) is 5.32 Å². The molecule has 1 amide bonds. The lowest BCUT2D eigenvalue weighted by atomic mass is 10.0. The van der Waals surface area contributed by atoms with Crippen LogP contribution in [-0.2, 0) is 4.79 Å². The highest BCUT2D eigenvalue weighted by Gasteiger charge is 2.18. The summed E-state index contributed by atoms with van der Waals surface area (Å²) in [4.78, 5) is 12.5. The average molecular weight is 927 g/mol. The normalized spacial score (nSPS) is 13.0. The Morgan fingerprint density at radius 3 is 0.909 bits per heavy atom. The van der Waals surface area contributed by atoms with Crippen LogP contribution in [0.1, 0.15) is 335 Å². The Morgan fingerprint density at radius 1 is 0.364 bits per heavy atom. The molecule has 0 aliphatic rings. The molecule has 0 aliphatic carbocycles. The highest BCUT2D eigenvalue weighted by molar-refractivity contribution is 5.76. The molecule has 0 rings (SSSR count). The zero-order valence-electron chi connectivity index (χ0n) is 45.0. The Balaban J connectivity index is 3.43. The molecule has 0 spiro atoms. The van der Waals surface area contributed by atoms with Crippen LogP contribution < -0.4 is 5.32 Å². The third kappa shape index (κ3) is 53.6. The second kappa shape index (κ2) is 57.9. The summed E-state index contributed by atoms with van der Waals surface area (Å²) in [6.45, 7) is 4.33. The van der Waals surface area contributed by atoms with Crippen LogP contribution in [0.2, 0.25) is 0 Å². The Morgan fingerprint density at radius 2 is 0.621 bits per heavy atom. The van der Waals surface area contributed by atoms with Gasteiger partial charge in [0.1, 0.15) is 0 Å². The predicted molar refractivity (Wildman–Crippen MR) is 295 cm³/mol. The predicted octanol–water partition coefficient (Wildman–Crippen LogP) is 20.0. The number of amides is 1. The molecule has 4 nitrogen and oxygen atoms in total. The van der Waals surface area contributed by atoms with Gasteiger partial charge in [0.15, 0.2) is 0 Å². The van der Waals surface area contributed by atoms with E-state index in [9.17, 15) is 15.0 Å².